The maximum absolute atomic E-state index is 13.3. The lowest BCUT2D eigenvalue weighted by atomic mass is 10.2. The van der Waals surface area contributed by atoms with Crippen molar-refractivity contribution in [3.05, 3.63) is 66.0 Å². The molecule has 0 unspecified atom stereocenters. The minimum atomic E-state index is -3.33. The quantitative estimate of drug-likeness (QED) is 0.530. The second kappa shape index (κ2) is 9.34. The van der Waals surface area contributed by atoms with E-state index in [2.05, 4.69) is 14.7 Å². The third kappa shape index (κ3) is 5.82. The topological polar surface area (TPSA) is 122 Å². The fourth-order valence-electron chi connectivity index (χ4n) is 3.97. The lowest BCUT2D eigenvalue weighted by Gasteiger charge is -2.36. The summed E-state index contributed by atoms with van der Waals surface area (Å²) in [6.07, 6.45) is 2.25. The third-order valence-corrected chi connectivity index (χ3v) is 7.40. The Bertz CT molecular complexity index is 1440. The summed E-state index contributed by atoms with van der Waals surface area (Å²) in [6.45, 7) is 4.08. The number of aromatic nitrogens is 2. The standard InChI is InChI=1S/C23H27N5O5S2/c1-17-16-22(28(24-17)20-8-10-21(11-9-20)34(2,30)31)23(29)27-14-12-26(13-15-27)19-6-4-18(5-7-19)25-35(3,32)33/h4-11,16,25H,12-15H2,1-3H3. The van der Waals surface area contributed by atoms with Gasteiger partial charge in [-0.25, -0.2) is 21.5 Å². The molecule has 1 fully saturated rings. The van der Waals surface area contributed by atoms with E-state index in [0.29, 0.717) is 48.9 Å². The van der Waals surface area contributed by atoms with Gasteiger partial charge in [0.25, 0.3) is 5.91 Å². The van der Waals surface area contributed by atoms with Gasteiger partial charge in [0, 0.05) is 43.8 Å². The van der Waals surface area contributed by atoms with Crippen LogP contribution in [0.5, 0.6) is 0 Å². The molecule has 35 heavy (non-hydrogen) atoms. The van der Waals surface area contributed by atoms with Gasteiger partial charge in [0.1, 0.15) is 5.69 Å². The lowest BCUT2D eigenvalue weighted by molar-refractivity contribution is 0.0737. The number of anilines is 2. The fourth-order valence-corrected chi connectivity index (χ4v) is 5.16. The molecule has 4 rings (SSSR count). The van der Waals surface area contributed by atoms with Crippen molar-refractivity contribution < 1.29 is 21.6 Å². The molecule has 2 aromatic carbocycles. The number of benzene rings is 2. The summed E-state index contributed by atoms with van der Waals surface area (Å²) in [5, 5.41) is 4.45. The molecule has 0 saturated carbocycles. The lowest BCUT2D eigenvalue weighted by Crippen LogP contribution is -2.49. The van der Waals surface area contributed by atoms with E-state index < -0.39 is 19.9 Å². The van der Waals surface area contributed by atoms with E-state index in [0.717, 1.165) is 18.2 Å². The number of rotatable bonds is 6. The summed E-state index contributed by atoms with van der Waals surface area (Å²) in [5.74, 6) is -0.148. The minimum absolute atomic E-state index is 0.148. The summed E-state index contributed by atoms with van der Waals surface area (Å²) in [4.78, 5) is 17.5. The van der Waals surface area contributed by atoms with Crippen LogP contribution in [-0.4, -0.2) is 76.1 Å². The highest BCUT2D eigenvalue weighted by molar-refractivity contribution is 7.92. The molecule has 3 aromatic rings. The van der Waals surface area contributed by atoms with Crippen LogP contribution in [0.4, 0.5) is 11.4 Å². The number of hydrogen-bond donors (Lipinski definition) is 1. The number of sulfonamides is 1. The van der Waals surface area contributed by atoms with Crippen LogP contribution in [-0.2, 0) is 19.9 Å². The van der Waals surface area contributed by atoms with Gasteiger partial charge in [-0.15, -0.1) is 0 Å². The van der Waals surface area contributed by atoms with Gasteiger partial charge in [-0.1, -0.05) is 0 Å². The summed E-state index contributed by atoms with van der Waals surface area (Å²) in [7, 11) is -6.65. The molecule has 1 N–H and O–H groups in total. The Morgan fingerprint density at radius 2 is 1.43 bits per heavy atom. The normalized spacial score (nSPS) is 14.7. The van der Waals surface area contributed by atoms with Crippen LogP contribution in [0.25, 0.3) is 5.69 Å². The van der Waals surface area contributed by atoms with Crippen molar-refractivity contribution in [2.75, 3.05) is 48.3 Å². The number of piperazine rings is 1. The monoisotopic (exact) mass is 517 g/mol. The van der Waals surface area contributed by atoms with E-state index >= 15 is 0 Å². The Labute approximate surface area is 205 Å². The molecule has 2 heterocycles. The number of aryl methyl sites for hydroxylation is 1. The van der Waals surface area contributed by atoms with E-state index in [1.165, 1.54) is 12.1 Å². The van der Waals surface area contributed by atoms with Crippen LogP contribution < -0.4 is 9.62 Å². The maximum atomic E-state index is 13.3. The van der Waals surface area contributed by atoms with Crippen molar-refractivity contribution in [2.45, 2.75) is 11.8 Å². The zero-order valence-electron chi connectivity index (χ0n) is 19.7. The predicted octanol–water partition coefficient (Wildman–Crippen LogP) is 1.92. The first kappa shape index (κ1) is 24.7. The summed E-state index contributed by atoms with van der Waals surface area (Å²) >= 11 is 0. The van der Waals surface area contributed by atoms with Gasteiger partial charge in [0.2, 0.25) is 10.0 Å². The van der Waals surface area contributed by atoms with Gasteiger partial charge in [0.15, 0.2) is 9.84 Å². The molecule has 0 spiro atoms. The van der Waals surface area contributed by atoms with Crippen molar-refractivity contribution in [1.29, 1.82) is 0 Å². The zero-order chi connectivity index (χ0) is 25.4. The average molecular weight is 518 g/mol. The summed E-state index contributed by atoms with van der Waals surface area (Å²) < 4.78 is 50.3. The molecule has 12 heteroatoms. The van der Waals surface area contributed by atoms with Crippen LogP contribution >= 0.6 is 0 Å². The van der Waals surface area contributed by atoms with Crippen molar-refractivity contribution in [1.82, 2.24) is 14.7 Å². The van der Waals surface area contributed by atoms with Crippen molar-refractivity contribution in [3.63, 3.8) is 0 Å². The summed E-state index contributed by atoms with van der Waals surface area (Å²) in [5.41, 5.74) is 3.15. The first-order valence-corrected chi connectivity index (χ1v) is 14.7. The molecule has 0 atom stereocenters. The second-order valence-corrected chi connectivity index (χ2v) is 12.3. The van der Waals surface area contributed by atoms with Crippen molar-refractivity contribution in [2.24, 2.45) is 0 Å². The van der Waals surface area contributed by atoms with E-state index in [1.807, 2.05) is 12.1 Å². The maximum Gasteiger partial charge on any atom is 0.272 e. The number of nitrogens with one attached hydrogen (secondary N) is 1. The predicted molar refractivity (Wildman–Crippen MR) is 134 cm³/mol. The van der Waals surface area contributed by atoms with E-state index in [1.54, 1.807) is 46.8 Å². The van der Waals surface area contributed by atoms with Gasteiger partial charge in [-0.2, -0.15) is 5.10 Å². The van der Waals surface area contributed by atoms with Gasteiger partial charge in [-0.05, 0) is 61.5 Å². The number of hydrogen-bond acceptors (Lipinski definition) is 7. The smallest absolute Gasteiger partial charge is 0.272 e. The molecule has 1 aliphatic heterocycles. The average Bonchev–Trinajstić information content (AvgIpc) is 3.19. The molecule has 186 valence electrons. The fraction of sp³-hybridized carbons (Fsp3) is 0.304. The van der Waals surface area contributed by atoms with Crippen LogP contribution in [0.3, 0.4) is 0 Å². The molecule has 1 amide bonds. The van der Waals surface area contributed by atoms with Gasteiger partial charge < -0.3 is 9.80 Å². The van der Waals surface area contributed by atoms with Crippen molar-refractivity contribution in [3.8, 4) is 5.69 Å². The number of nitrogens with zero attached hydrogens (tertiary/aromatic N) is 4. The van der Waals surface area contributed by atoms with Crippen LogP contribution in [0.2, 0.25) is 0 Å². The Balaban J connectivity index is 1.46. The van der Waals surface area contributed by atoms with E-state index in [9.17, 15) is 21.6 Å². The highest BCUT2D eigenvalue weighted by Crippen LogP contribution is 2.22. The molecule has 0 aliphatic carbocycles. The first-order valence-electron chi connectivity index (χ1n) is 10.9. The largest absolute Gasteiger partial charge is 0.368 e. The van der Waals surface area contributed by atoms with Crippen molar-refractivity contribution >= 4 is 37.1 Å². The molecule has 10 nitrogen and oxygen atoms in total. The van der Waals surface area contributed by atoms with Crippen LogP contribution in [0.15, 0.2) is 59.5 Å². The summed E-state index contributed by atoms with van der Waals surface area (Å²) in [6, 6.07) is 15.1. The zero-order valence-corrected chi connectivity index (χ0v) is 21.3. The van der Waals surface area contributed by atoms with E-state index in [4.69, 9.17) is 0 Å². The Hall–Kier alpha value is -3.38. The SMILES string of the molecule is Cc1cc(C(=O)N2CCN(c3ccc(NS(C)(=O)=O)cc3)CC2)n(-c2ccc(S(C)(=O)=O)cc2)n1. The van der Waals surface area contributed by atoms with Gasteiger partial charge in [-0.3, -0.25) is 9.52 Å². The number of sulfone groups is 1. The molecule has 1 aromatic heterocycles. The Morgan fingerprint density at radius 1 is 0.857 bits per heavy atom. The number of carbonyl (C=O) groups excluding carboxylic acids is 1. The first-order chi connectivity index (χ1) is 16.4. The third-order valence-electron chi connectivity index (χ3n) is 5.66. The molecule has 1 saturated heterocycles. The Kier molecular flexibility index (Phi) is 6.60. The van der Waals surface area contributed by atoms with E-state index in [-0.39, 0.29) is 10.8 Å². The highest BCUT2D eigenvalue weighted by atomic mass is 32.2. The van der Waals surface area contributed by atoms with Crippen LogP contribution in [0.1, 0.15) is 16.2 Å². The number of carbonyl (C=O) groups is 1. The van der Waals surface area contributed by atoms with Crippen LogP contribution in [0, 0.1) is 6.92 Å². The second-order valence-electron chi connectivity index (χ2n) is 8.55. The van der Waals surface area contributed by atoms with Gasteiger partial charge in [0.05, 0.1) is 22.5 Å². The molecular formula is C23H27N5O5S2. The molecule has 1 aliphatic rings. The molecule has 0 bridgehead atoms. The highest BCUT2D eigenvalue weighted by Gasteiger charge is 2.26. The minimum Gasteiger partial charge on any atom is -0.368 e. The van der Waals surface area contributed by atoms with Gasteiger partial charge >= 0.3 is 0 Å². The number of amides is 1. The molecular weight excluding hydrogens is 490 g/mol. The Morgan fingerprint density at radius 3 is 1.97 bits per heavy atom. The molecule has 0 radical (unpaired) electrons.